The standard InChI is InChI=1S/C20H20FNO4/c1-24-18-8-5-13(10-19(18)25-2)20(23)26-9-3-4-14-12-22-17-7-6-15(21)11-16(14)17/h5-8,10-12,22H,3-4,9H2,1-2H3. The van der Waals surface area contributed by atoms with Gasteiger partial charge in [0.15, 0.2) is 11.5 Å². The maximum Gasteiger partial charge on any atom is 0.338 e. The molecule has 6 heteroatoms. The van der Waals surface area contributed by atoms with Crippen LogP contribution >= 0.6 is 0 Å². The molecule has 0 saturated carbocycles. The molecular formula is C20H20FNO4. The summed E-state index contributed by atoms with van der Waals surface area (Å²) >= 11 is 0. The summed E-state index contributed by atoms with van der Waals surface area (Å²) in [6.45, 7) is 0.273. The average molecular weight is 357 g/mol. The Hall–Kier alpha value is -3.02. The molecule has 0 spiro atoms. The molecule has 5 nitrogen and oxygen atoms in total. The number of aryl methyl sites for hydroxylation is 1. The van der Waals surface area contributed by atoms with Crippen LogP contribution in [0, 0.1) is 5.82 Å². The first kappa shape index (κ1) is 17.8. The Morgan fingerprint density at radius 3 is 2.65 bits per heavy atom. The van der Waals surface area contributed by atoms with Gasteiger partial charge in [-0.25, -0.2) is 9.18 Å². The van der Waals surface area contributed by atoms with E-state index in [4.69, 9.17) is 14.2 Å². The SMILES string of the molecule is COc1ccc(C(=O)OCCCc2c[nH]c3ccc(F)cc23)cc1OC. The number of nitrogens with one attached hydrogen (secondary N) is 1. The molecule has 2 aromatic carbocycles. The highest BCUT2D eigenvalue weighted by Gasteiger charge is 2.12. The molecule has 0 radical (unpaired) electrons. The van der Waals surface area contributed by atoms with Crippen molar-refractivity contribution < 1.29 is 23.4 Å². The quantitative estimate of drug-likeness (QED) is 0.511. The van der Waals surface area contributed by atoms with Crippen LogP contribution in [0.3, 0.4) is 0 Å². The van der Waals surface area contributed by atoms with Crippen molar-refractivity contribution in [2.45, 2.75) is 12.8 Å². The highest BCUT2D eigenvalue weighted by atomic mass is 19.1. The minimum atomic E-state index is -0.420. The Bertz CT molecular complexity index is 919. The first-order valence-corrected chi connectivity index (χ1v) is 8.27. The molecule has 3 aromatic rings. The van der Waals surface area contributed by atoms with Crippen molar-refractivity contribution in [2.24, 2.45) is 0 Å². The topological polar surface area (TPSA) is 60.5 Å². The van der Waals surface area contributed by atoms with Crippen LogP contribution in [-0.4, -0.2) is 31.8 Å². The Morgan fingerprint density at radius 1 is 1.08 bits per heavy atom. The summed E-state index contributed by atoms with van der Waals surface area (Å²) in [4.78, 5) is 15.3. The number of H-pyrrole nitrogens is 1. The first-order chi connectivity index (χ1) is 12.6. The lowest BCUT2D eigenvalue weighted by atomic mass is 10.1. The van der Waals surface area contributed by atoms with E-state index >= 15 is 0 Å². The van der Waals surface area contributed by atoms with E-state index in [1.165, 1.54) is 26.4 Å². The molecular weight excluding hydrogens is 337 g/mol. The van der Waals surface area contributed by atoms with Crippen molar-refractivity contribution in [1.29, 1.82) is 0 Å². The van der Waals surface area contributed by atoms with Crippen molar-refractivity contribution in [3.05, 3.63) is 59.5 Å². The second-order valence-electron chi connectivity index (χ2n) is 5.81. The predicted molar refractivity (Wildman–Crippen MR) is 96.4 cm³/mol. The predicted octanol–water partition coefficient (Wildman–Crippen LogP) is 4.11. The van der Waals surface area contributed by atoms with Crippen LogP contribution in [0.25, 0.3) is 10.9 Å². The zero-order chi connectivity index (χ0) is 18.5. The third-order valence-corrected chi connectivity index (χ3v) is 4.17. The number of aromatic nitrogens is 1. The molecule has 0 amide bonds. The molecule has 0 aliphatic rings. The molecule has 0 fully saturated rings. The van der Waals surface area contributed by atoms with Crippen LogP contribution < -0.4 is 9.47 Å². The summed E-state index contributed by atoms with van der Waals surface area (Å²) in [5.41, 5.74) is 2.29. The molecule has 1 heterocycles. The molecule has 0 aliphatic carbocycles. The lowest BCUT2D eigenvalue weighted by Gasteiger charge is -2.09. The van der Waals surface area contributed by atoms with Crippen LogP contribution in [0.1, 0.15) is 22.3 Å². The number of ether oxygens (including phenoxy) is 3. The zero-order valence-corrected chi connectivity index (χ0v) is 14.7. The zero-order valence-electron chi connectivity index (χ0n) is 14.7. The lowest BCUT2D eigenvalue weighted by Crippen LogP contribution is -2.07. The monoisotopic (exact) mass is 357 g/mol. The Balaban J connectivity index is 1.56. The number of benzene rings is 2. The summed E-state index contributed by atoms with van der Waals surface area (Å²) in [5, 5.41) is 0.858. The normalized spacial score (nSPS) is 10.7. The maximum absolute atomic E-state index is 13.4. The smallest absolute Gasteiger partial charge is 0.338 e. The van der Waals surface area contributed by atoms with E-state index in [2.05, 4.69) is 4.98 Å². The van der Waals surface area contributed by atoms with Crippen LogP contribution in [0.4, 0.5) is 4.39 Å². The van der Waals surface area contributed by atoms with E-state index in [-0.39, 0.29) is 12.4 Å². The molecule has 3 rings (SSSR count). The largest absolute Gasteiger partial charge is 0.493 e. The molecule has 0 atom stereocenters. The number of fused-ring (bicyclic) bond motifs is 1. The fourth-order valence-electron chi connectivity index (χ4n) is 2.83. The summed E-state index contributed by atoms with van der Waals surface area (Å²) in [6, 6.07) is 9.53. The number of methoxy groups -OCH3 is 2. The number of aromatic amines is 1. The highest BCUT2D eigenvalue weighted by molar-refractivity contribution is 5.90. The molecule has 1 N–H and O–H groups in total. The average Bonchev–Trinajstić information content (AvgIpc) is 3.06. The van der Waals surface area contributed by atoms with Crippen molar-refractivity contribution in [2.75, 3.05) is 20.8 Å². The molecule has 0 aliphatic heterocycles. The van der Waals surface area contributed by atoms with Crippen LogP contribution in [0.15, 0.2) is 42.6 Å². The molecule has 0 bridgehead atoms. The van der Waals surface area contributed by atoms with Gasteiger partial charge in [-0.2, -0.15) is 0 Å². The summed E-state index contributed by atoms with van der Waals surface area (Å²) < 4.78 is 29.0. The third kappa shape index (κ3) is 3.79. The molecule has 0 saturated heterocycles. The van der Waals surface area contributed by atoms with Crippen LogP contribution in [0.5, 0.6) is 11.5 Å². The Labute approximate surface area is 150 Å². The molecule has 136 valence electrons. The highest BCUT2D eigenvalue weighted by Crippen LogP contribution is 2.28. The molecule has 26 heavy (non-hydrogen) atoms. The van der Waals surface area contributed by atoms with Gasteiger partial charge in [-0.05, 0) is 54.8 Å². The van der Waals surface area contributed by atoms with Gasteiger partial charge < -0.3 is 19.2 Å². The Kier molecular flexibility index (Phi) is 5.41. The number of carbonyl (C=O) groups is 1. The van der Waals surface area contributed by atoms with Crippen LogP contribution in [0.2, 0.25) is 0 Å². The number of carbonyl (C=O) groups excluding carboxylic acids is 1. The van der Waals surface area contributed by atoms with Crippen molar-refractivity contribution in [3.63, 3.8) is 0 Å². The van der Waals surface area contributed by atoms with Crippen LogP contribution in [-0.2, 0) is 11.2 Å². The van der Waals surface area contributed by atoms with Crippen molar-refractivity contribution in [1.82, 2.24) is 4.98 Å². The number of halogens is 1. The fraction of sp³-hybridized carbons (Fsp3) is 0.250. The van der Waals surface area contributed by atoms with E-state index in [1.807, 2.05) is 6.20 Å². The first-order valence-electron chi connectivity index (χ1n) is 8.27. The molecule has 1 aromatic heterocycles. The van der Waals surface area contributed by atoms with Gasteiger partial charge in [-0.1, -0.05) is 0 Å². The van der Waals surface area contributed by atoms with Gasteiger partial charge in [-0.3, -0.25) is 0 Å². The van der Waals surface area contributed by atoms with E-state index in [0.717, 1.165) is 16.5 Å². The Morgan fingerprint density at radius 2 is 1.88 bits per heavy atom. The maximum atomic E-state index is 13.4. The van der Waals surface area contributed by atoms with Crippen molar-refractivity contribution >= 4 is 16.9 Å². The van der Waals surface area contributed by atoms with Crippen molar-refractivity contribution in [3.8, 4) is 11.5 Å². The number of esters is 1. The van der Waals surface area contributed by atoms with Gasteiger partial charge in [0.1, 0.15) is 5.82 Å². The third-order valence-electron chi connectivity index (χ3n) is 4.17. The minimum Gasteiger partial charge on any atom is -0.493 e. The van der Waals surface area contributed by atoms with Gasteiger partial charge in [0.25, 0.3) is 0 Å². The van der Waals surface area contributed by atoms with E-state index in [9.17, 15) is 9.18 Å². The fourth-order valence-corrected chi connectivity index (χ4v) is 2.83. The van der Waals surface area contributed by atoms with E-state index in [0.29, 0.717) is 29.9 Å². The van der Waals surface area contributed by atoms with E-state index < -0.39 is 5.97 Å². The van der Waals surface area contributed by atoms with Gasteiger partial charge in [0.2, 0.25) is 0 Å². The second kappa shape index (κ2) is 7.91. The van der Waals surface area contributed by atoms with Gasteiger partial charge in [0.05, 0.1) is 26.4 Å². The number of hydrogen-bond acceptors (Lipinski definition) is 4. The summed E-state index contributed by atoms with van der Waals surface area (Å²) in [5.74, 6) is 0.340. The minimum absolute atomic E-state index is 0.266. The number of rotatable bonds is 7. The summed E-state index contributed by atoms with van der Waals surface area (Å²) in [6.07, 6.45) is 3.19. The number of hydrogen-bond donors (Lipinski definition) is 1. The molecule has 0 unspecified atom stereocenters. The van der Waals surface area contributed by atoms with Gasteiger partial charge >= 0.3 is 5.97 Å². The van der Waals surface area contributed by atoms with Gasteiger partial charge in [-0.15, -0.1) is 0 Å². The lowest BCUT2D eigenvalue weighted by molar-refractivity contribution is 0.0500. The summed E-state index contributed by atoms with van der Waals surface area (Å²) in [7, 11) is 3.05. The second-order valence-corrected chi connectivity index (χ2v) is 5.81. The van der Waals surface area contributed by atoms with E-state index in [1.54, 1.807) is 24.3 Å². The van der Waals surface area contributed by atoms with Gasteiger partial charge in [0, 0.05) is 17.1 Å².